The summed E-state index contributed by atoms with van der Waals surface area (Å²) in [7, 11) is 0. The van der Waals surface area contributed by atoms with Gasteiger partial charge in [0.2, 0.25) is 0 Å². The van der Waals surface area contributed by atoms with Crippen molar-refractivity contribution in [3.8, 4) is 5.69 Å². The van der Waals surface area contributed by atoms with Gasteiger partial charge in [0.15, 0.2) is 0 Å². The van der Waals surface area contributed by atoms with Crippen LogP contribution >= 0.6 is 0 Å². The number of morpholine rings is 1. The Morgan fingerprint density at radius 3 is 2.73 bits per heavy atom. The number of nitrogens with zero attached hydrogens (tertiary/aromatic N) is 3. The zero-order valence-electron chi connectivity index (χ0n) is 17.2. The van der Waals surface area contributed by atoms with Gasteiger partial charge >= 0.3 is 0 Å². The fourth-order valence-electron chi connectivity index (χ4n) is 3.45. The molecule has 2 aromatic rings. The van der Waals surface area contributed by atoms with E-state index in [4.69, 9.17) is 10.5 Å². The predicted molar refractivity (Wildman–Crippen MR) is 113 cm³/mol. The van der Waals surface area contributed by atoms with Crippen molar-refractivity contribution < 1.29 is 14.3 Å². The second-order valence-corrected chi connectivity index (χ2v) is 7.81. The Hall–Kier alpha value is -2.91. The lowest BCUT2D eigenvalue weighted by atomic mass is 10.1. The van der Waals surface area contributed by atoms with Crippen LogP contribution in [0.1, 0.15) is 39.1 Å². The number of nitrogens with two attached hydrogens (primary N) is 1. The molecule has 2 heterocycles. The zero-order chi connectivity index (χ0) is 21.1. The Bertz CT molecular complexity index is 931. The molecule has 1 aliphatic carbocycles. The molecule has 1 aliphatic heterocycles. The van der Waals surface area contributed by atoms with E-state index in [1.807, 2.05) is 13.0 Å². The SMILES string of the molecule is Cc1ccc(C(=O)NC2CC2)cc1-n1ncc(C(=O)NCCN2CCOCC2)c1N. The van der Waals surface area contributed by atoms with Crippen molar-refractivity contribution >= 4 is 17.6 Å². The molecule has 0 radical (unpaired) electrons. The molecule has 4 rings (SSSR count). The van der Waals surface area contributed by atoms with Crippen LogP contribution in [0.2, 0.25) is 0 Å². The Kier molecular flexibility index (Phi) is 6.01. The van der Waals surface area contributed by atoms with Crippen molar-refractivity contribution in [1.82, 2.24) is 25.3 Å². The van der Waals surface area contributed by atoms with Crippen LogP contribution < -0.4 is 16.4 Å². The Morgan fingerprint density at radius 1 is 1.23 bits per heavy atom. The molecule has 4 N–H and O–H groups in total. The van der Waals surface area contributed by atoms with Gasteiger partial charge in [-0.3, -0.25) is 14.5 Å². The van der Waals surface area contributed by atoms with E-state index in [0.29, 0.717) is 23.4 Å². The summed E-state index contributed by atoms with van der Waals surface area (Å²) in [6.07, 6.45) is 3.52. The number of carbonyl (C=O) groups is 2. The molecule has 1 aromatic heterocycles. The highest BCUT2D eigenvalue weighted by molar-refractivity contribution is 5.99. The number of benzene rings is 1. The molecule has 1 saturated heterocycles. The number of nitrogen functional groups attached to an aromatic ring is 1. The number of aromatic nitrogens is 2. The molecule has 30 heavy (non-hydrogen) atoms. The van der Waals surface area contributed by atoms with Gasteiger partial charge in [-0.1, -0.05) is 6.07 Å². The first kappa shape index (κ1) is 20.4. The van der Waals surface area contributed by atoms with Gasteiger partial charge in [0, 0.05) is 37.8 Å². The highest BCUT2D eigenvalue weighted by atomic mass is 16.5. The molecular weight excluding hydrogens is 384 g/mol. The third kappa shape index (κ3) is 4.63. The summed E-state index contributed by atoms with van der Waals surface area (Å²) in [5.74, 6) is -0.112. The number of anilines is 1. The fraction of sp³-hybridized carbons (Fsp3) is 0.476. The smallest absolute Gasteiger partial charge is 0.256 e. The maximum Gasteiger partial charge on any atom is 0.256 e. The molecule has 2 aliphatic rings. The number of aryl methyl sites for hydroxylation is 1. The molecule has 0 bridgehead atoms. The van der Waals surface area contributed by atoms with Crippen LogP contribution in [0.4, 0.5) is 5.82 Å². The Balaban J connectivity index is 1.44. The lowest BCUT2D eigenvalue weighted by molar-refractivity contribution is 0.0383. The van der Waals surface area contributed by atoms with Crippen molar-refractivity contribution in [2.45, 2.75) is 25.8 Å². The number of hydrogen-bond donors (Lipinski definition) is 3. The van der Waals surface area contributed by atoms with E-state index in [1.165, 1.54) is 10.9 Å². The quantitative estimate of drug-likeness (QED) is 0.617. The second-order valence-electron chi connectivity index (χ2n) is 7.81. The molecule has 2 amide bonds. The number of nitrogens with one attached hydrogen (secondary N) is 2. The maximum atomic E-state index is 12.6. The summed E-state index contributed by atoms with van der Waals surface area (Å²) >= 11 is 0. The van der Waals surface area contributed by atoms with E-state index in [1.54, 1.807) is 12.1 Å². The van der Waals surface area contributed by atoms with Crippen LogP contribution in [0.15, 0.2) is 24.4 Å². The third-order valence-electron chi connectivity index (χ3n) is 5.48. The summed E-state index contributed by atoms with van der Waals surface area (Å²) in [6.45, 7) is 6.41. The van der Waals surface area contributed by atoms with Crippen molar-refractivity contribution in [3.05, 3.63) is 41.1 Å². The molecule has 160 valence electrons. The van der Waals surface area contributed by atoms with Crippen molar-refractivity contribution in [1.29, 1.82) is 0 Å². The Labute approximate surface area is 175 Å². The van der Waals surface area contributed by atoms with Gasteiger partial charge in [0.25, 0.3) is 11.8 Å². The third-order valence-corrected chi connectivity index (χ3v) is 5.48. The first-order valence-corrected chi connectivity index (χ1v) is 10.4. The number of carbonyl (C=O) groups excluding carboxylic acids is 2. The predicted octanol–water partition coefficient (Wildman–Crippen LogP) is 0.717. The highest BCUT2D eigenvalue weighted by Crippen LogP contribution is 2.23. The lowest BCUT2D eigenvalue weighted by Crippen LogP contribution is -2.41. The molecule has 2 fully saturated rings. The van der Waals surface area contributed by atoms with Crippen LogP contribution in [0, 0.1) is 6.92 Å². The van der Waals surface area contributed by atoms with Crippen molar-refractivity contribution in [2.24, 2.45) is 0 Å². The molecule has 0 atom stereocenters. The summed E-state index contributed by atoms with van der Waals surface area (Å²) in [6, 6.07) is 5.69. The molecule has 0 spiro atoms. The number of hydrogen-bond acceptors (Lipinski definition) is 6. The van der Waals surface area contributed by atoms with Crippen LogP contribution in [0.3, 0.4) is 0 Å². The van der Waals surface area contributed by atoms with Crippen molar-refractivity contribution in [2.75, 3.05) is 45.1 Å². The normalized spacial score (nSPS) is 17.0. The number of ether oxygens (including phenoxy) is 1. The Morgan fingerprint density at radius 2 is 2.00 bits per heavy atom. The van der Waals surface area contributed by atoms with Gasteiger partial charge in [-0.15, -0.1) is 0 Å². The minimum absolute atomic E-state index is 0.106. The zero-order valence-corrected chi connectivity index (χ0v) is 17.2. The minimum atomic E-state index is -0.257. The first-order chi connectivity index (χ1) is 14.5. The average molecular weight is 412 g/mol. The maximum absolute atomic E-state index is 12.6. The largest absolute Gasteiger partial charge is 0.383 e. The summed E-state index contributed by atoms with van der Waals surface area (Å²) in [4.78, 5) is 27.2. The van der Waals surface area contributed by atoms with E-state index in [-0.39, 0.29) is 23.7 Å². The minimum Gasteiger partial charge on any atom is -0.383 e. The molecule has 9 nitrogen and oxygen atoms in total. The molecule has 0 unspecified atom stereocenters. The van der Waals surface area contributed by atoms with E-state index in [2.05, 4.69) is 20.6 Å². The van der Waals surface area contributed by atoms with Gasteiger partial charge in [-0.25, -0.2) is 4.68 Å². The molecule has 1 aromatic carbocycles. The fourth-order valence-corrected chi connectivity index (χ4v) is 3.45. The summed E-state index contributed by atoms with van der Waals surface area (Å²) in [5, 5.41) is 10.2. The molecule has 1 saturated carbocycles. The van der Waals surface area contributed by atoms with E-state index in [0.717, 1.165) is 51.3 Å². The average Bonchev–Trinajstić information content (AvgIpc) is 3.48. The van der Waals surface area contributed by atoms with E-state index < -0.39 is 0 Å². The van der Waals surface area contributed by atoms with Gasteiger partial charge in [-0.2, -0.15) is 5.10 Å². The standard InChI is InChI=1S/C21H28N6O3/c1-14-2-3-15(20(28)25-16-4-5-16)12-18(14)27-19(22)17(13-24-27)21(29)23-6-7-26-8-10-30-11-9-26/h2-3,12-13,16H,4-11,22H2,1H3,(H,23,29)(H,25,28). The topological polar surface area (TPSA) is 115 Å². The van der Waals surface area contributed by atoms with Crippen LogP contribution in [-0.4, -0.2) is 71.9 Å². The molecule has 9 heteroatoms. The number of amides is 2. The lowest BCUT2D eigenvalue weighted by Gasteiger charge is -2.26. The first-order valence-electron chi connectivity index (χ1n) is 10.4. The van der Waals surface area contributed by atoms with E-state index in [9.17, 15) is 9.59 Å². The van der Waals surface area contributed by atoms with Gasteiger partial charge < -0.3 is 21.1 Å². The van der Waals surface area contributed by atoms with Crippen LogP contribution in [-0.2, 0) is 4.74 Å². The van der Waals surface area contributed by atoms with Gasteiger partial charge in [0.05, 0.1) is 25.1 Å². The van der Waals surface area contributed by atoms with Crippen LogP contribution in [0.25, 0.3) is 5.69 Å². The number of rotatable bonds is 7. The second kappa shape index (κ2) is 8.85. The monoisotopic (exact) mass is 412 g/mol. The molecular formula is C21H28N6O3. The van der Waals surface area contributed by atoms with Gasteiger partial charge in [-0.05, 0) is 37.5 Å². The van der Waals surface area contributed by atoms with Gasteiger partial charge in [0.1, 0.15) is 11.4 Å². The highest BCUT2D eigenvalue weighted by Gasteiger charge is 2.24. The van der Waals surface area contributed by atoms with E-state index >= 15 is 0 Å². The summed E-state index contributed by atoms with van der Waals surface area (Å²) < 4.78 is 6.84. The van der Waals surface area contributed by atoms with Crippen LogP contribution in [0.5, 0.6) is 0 Å². The van der Waals surface area contributed by atoms with Crippen molar-refractivity contribution in [3.63, 3.8) is 0 Å². The summed E-state index contributed by atoms with van der Waals surface area (Å²) in [5.41, 5.74) is 8.71.